The SMILES string of the molecule is CC(C)(C)c1ccc(C(=O)NC2CCCCC2)c(Br)c1. The van der Waals surface area contributed by atoms with Gasteiger partial charge in [-0.25, -0.2) is 0 Å². The van der Waals surface area contributed by atoms with Crippen molar-refractivity contribution in [2.75, 3.05) is 0 Å². The van der Waals surface area contributed by atoms with Crippen LogP contribution in [-0.4, -0.2) is 11.9 Å². The summed E-state index contributed by atoms with van der Waals surface area (Å²) >= 11 is 3.54. The first-order valence-electron chi connectivity index (χ1n) is 7.49. The lowest BCUT2D eigenvalue weighted by Gasteiger charge is -2.24. The molecule has 1 aliphatic carbocycles. The Kier molecular flexibility index (Phi) is 4.90. The number of carbonyl (C=O) groups excluding carboxylic acids is 1. The molecular formula is C17H24BrNO. The second kappa shape index (κ2) is 6.30. The molecule has 110 valence electrons. The van der Waals surface area contributed by atoms with E-state index in [0.717, 1.165) is 22.9 Å². The largest absolute Gasteiger partial charge is 0.349 e. The van der Waals surface area contributed by atoms with Gasteiger partial charge in [0.1, 0.15) is 0 Å². The molecule has 0 unspecified atom stereocenters. The van der Waals surface area contributed by atoms with Crippen LogP contribution in [0, 0.1) is 0 Å². The molecule has 0 saturated heterocycles. The summed E-state index contributed by atoms with van der Waals surface area (Å²) in [7, 11) is 0. The lowest BCUT2D eigenvalue weighted by atomic mass is 9.86. The number of hydrogen-bond donors (Lipinski definition) is 1. The van der Waals surface area contributed by atoms with Crippen molar-refractivity contribution in [3.8, 4) is 0 Å². The van der Waals surface area contributed by atoms with Crippen LogP contribution in [0.2, 0.25) is 0 Å². The third-order valence-electron chi connectivity index (χ3n) is 4.02. The van der Waals surface area contributed by atoms with Gasteiger partial charge in [-0.1, -0.05) is 46.1 Å². The molecular weight excluding hydrogens is 314 g/mol. The molecule has 0 bridgehead atoms. The minimum atomic E-state index is 0.0456. The number of halogens is 1. The summed E-state index contributed by atoms with van der Waals surface area (Å²) in [4.78, 5) is 12.4. The molecule has 1 amide bonds. The molecule has 2 rings (SSSR count). The van der Waals surface area contributed by atoms with Crippen LogP contribution in [-0.2, 0) is 5.41 Å². The molecule has 3 heteroatoms. The number of amides is 1. The maximum absolute atomic E-state index is 12.4. The van der Waals surface area contributed by atoms with Gasteiger partial charge in [0.2, 0.25) is 0 Å². The van der Waals surface area contributed by atoms with Crippen LogP contribution < -0.4 is 5.32 Å². The Bertz CT molecular complexity index is 484. The second-order valence-corrected chi connectivity index (χ2v) is 7.61. The Hall–Kier alpha value is -0.830. The van der Waals surface area contributed by atoms with E-state index >= 15 is 0 Å². The fraction of sp³-hybridized carbons (Fsp3) is 0.588. The van der Waals surface area contributed by atoms with Crippen molar-refractivity contribution in [1.82, 2.24) is 5.32 Å². The van der Waals surface area contributed by atoms with Crippen LogP contribution in [0.1, 0.15) is 68.8 Å². The maximum atomic E-state index is 12.4. The van der Waals surface area contributed by atoms with Crippen LogP contribution in [0.15, 0.2) is 22.7 Å². The summed E-state index contributed by atoms with van der Waals surface area (Å²) < 4.78 is 0.887. The Balaban J connectivity index is 2.10. The first-order valence-corrected chi connectivity index (χ1v) is 8.28. The molecule has 0 radical (unpaired) electrons. The topological polar surface area (TPSA) is 29.1 Å². The van der Waals surface area contributed by atoms with Crippen molar-refractivity contribution in [3.63, 3.8) is 0 Å². The molecule has 1 N–H and O–H groups in total. The van der Waals surface area contributed by atoms with Crippen LogP contribution in [0.4, 0.5) is 0 Å². The molecule has 0 spiro atoms. The number of rotatable bonds is 2. The minimum absolute atomic E-state index is 0.0456. The van der Waals surface area contributed by atoms with Gasteiger partial charge in [0.05, 0.1) is 5.56 Å². The Morgan fingerprint density at radius 2 is 1.85 bits per heavy atom. The van der Waals surface area contributed by atoms with E-state index in [9.17, 15) is 4.79 Å². The normalized spacial score (nSPS) is 17.0. The van der Waals surface area contributed by atoms with E-state index in [1.54, 1.807) is 0 Å². The summed E-state index contributed by atoms with van der Waals surface area (Å²) in [6.45, 7) is 6.53. The summed E-state index contributed by atoms with van der Waals surface area (Å²) in [5.41, 5.74) is 2.07. The summed E-state index contributed by atoms with van der Waals surface area (Å²) in [6.07, 6.45) is 5.99. The van der Waals surface area contributed by atoms with Crippen molar-refractivity contribution in [2.45, 2.75) is 64.3 Å². The molecule has 1 aromatic rings. The second-order valence-electron chi connectivity index (χ2n) is 6.75. The van der Waals surface area contributed by atoms with E-state index in [-0.39, 0.29) is 11.3 Å². The van der Waals surface area contributed by atoms with Crippen LogP contribution in [0.25, 0.3) is 0 Å². The van der Waals surface area contributed by atoms with Gasteiger partial charge in [0.15, 0.2) is 0 Å². The molecule has 1 aromatic carbocycles. The molecule has 20 heavy (non-hydrogen) atoms. The lowest BCUT2D eigenvalue weighted by molar-refractivity contribution is 0.0927. The highest BCUT2D eigenvalue weighted by Crippen LogP contribution is 2.27. The Labute approximate surface area is 130 Å². The van der Waals surface area contributed by atoms with Gasteiger partial charge >= 0.3 is 0 Å². The molecule has 1 saturated carbocycles. The highest BCUT2D eigenvalue weighted by Gasteiger charge is 2.20. The predicted molar refractivity (Wildman–Crippen MR) is 87.2 cm³/mol. The van der Waals surface area contributed by atoms with Crippen LogP contribution >= 0.6 is 15.9 Å². The fourth-order valence-electron chi connectivity index (χ4n) is 2.68. The predicted octanol–water partition coefficient (Wildman–Crippen LogP) is 4.81. The Morgan fingerprint density at radius 1 is 1.20 bits per heavy atom. The zero-order valence-electron chi connectivity index (χ0n) is 12.6. The number of hydrogen-bond acceptors (Lipinski definition) is 1. The smallest absolute Gasteiger partial charge is 0.252 e. The van der Waals surface area contributed by atoms with Crippen molar-refractivity contribution in [2.24, 2.45) is 0 Å². The third kappa shape index (κ3) is 3.85. The van der Waals surface area contributed by atoms with Gasteiger partial charge in [0, 0.05) is 10.5 Å². The third-order valence-corrected chi connectivity index (χ3v) is 4.68. The highest BCUT2D eigenvalue weighted by atomic mass is 79.9. The van der Waals surface area contributed by atoms with Gasteiger partial charge in [-0.15, -0.1) is 0 Å². The van der Waals surface area contributed by atoms with E-state index in [1.165, 1.54) is 24.8 Å². The van der Waals surface area contributed by atoms with Crippen LogP contribution in [0.5, 0.6) is 0 Å². The van der Waals surface area contributed by atoms with Gasteiger partial charge in [-0.2, -0.15) is 0 Å². The number of carbonyl (C=O) groups is 1. The van der Waals surface area contributed by atoms with Crippen molar-refractivity contribution in [3.05, 3.63) is 33.8 Å². The van der Waals surface area contributed by atoms with Crippen molar-refractivity contribution < 1.29 is 4.79 Å². The molecule has 0 heterocycles. The maximum Gasteiger partial charge on any atom is 0.252 e. The van der Waals surface area contributed by atoms with E-state index < -0.39 is 0 Å². The van der Waals surface area contributed by atoms with Gasteiger partial charge in [0.25, 0.3) is 5.91 Å². The van der Waals surface area contributed by atoms with Crippen LogP contribution in [0.3, 0.4) is 0 Å². The molecule has 1 aliphatic rings. The van der Waals surface area contributed by atoms with Gasteiger partial charge < -0.3 is 5.32 Å². The highest BCUT2D eigenvalue weighted by molar-refractivity contribution is 9.10. The molecule has 0 atom stereocenters. The minimum Gasteiger partial charge on any atom is -0.349 e. The van der Waals surface area contributed by atoms with E-state index in [4.69, 9.17) is 0 Å². The standard InChI is InChI=1S/C17H24BrNO/c1-17(2,3)12-9-10-14(15(18)11-12)16(20)19-13-7-5-4-6-8-13/h9-11,13H,4-8H2,1-3H3,(H,19,20). The molecule has 0 aliphatic heterocycles. The first kappa shape index (κ1) is 15.6. The quantitative estimate of drug-likeness (QED) is 0.824. The average Bonchev–Trinajstić information content (AvgIpc) is 2.38. The molecule has 2 nitrogen and oxygen atoms in total. The lowest BCUT2D eigenvalue weighted by Crippen LogP contribution is -2.36. The van der Waals surface area contributed by atoms with E-state index in [1.807, 2.05) is 6.07 Å². The van der Waals surface area contributed by atoms with E-state index in [0.29, 0.717) is 6.04 Å². The van der Waals surface area contributed by atoms with Gasteiger partial charge in [-0.3, -0.25) is 4.79 Å². The molecule has 0 aromatic heterocycles. The zero-order valence-corrected chi connectivity index (χ0v) is 14.2. The monoisotopic (exact) mass is 337 g/mol. The zero-order chi connectivity index (χ0) is 14.8. The number of nitrogens with one attached hydrogen (secondary N) is 1. The average molecular weight is 338 g/mol. The summed E-state index contributed by atoms with van der Waals surface area (Å²) in [5.74, 6) is 0.0456. The first-order chi connectivity index (χ1) is 9.38. The fourth-order valence-corrected chi connectivity index (χ4v) is 3.23. The number of benzene rings is 1. The summed E-state index contributed by atoms with van der Waals surface area (Å²) in [6, 6.07) is 6.41. The van der Waals surface area contributed by atoms with Gasteiger partial charge in [-0.05, 0) is 51.9 Å². The summed E-state index contributed by atoms with van der Waals surface area (Å²) in [5, 5.41) is 3.17. The molecule has 1 fully saturated rings. The van der Waals surface area contributed by atoms with Crippen molar-refractivity contribution >= 4 is 21.8 Å². The Morgan fingerprint density at radius 3 is 2.40 bits per heavy atom. The van der Waals surface area contributed by atoms with E-state index in [2.05, 4.69) is 54.2 Å². The van der Waals surface area contributed by atoms with Crippen molar-refractivity contribution in [1.29, 1.82) is 0 Å².